The van der Waals surface area contributed by atoms with Gasteiger partial charge >= 0.3 is 0 Å². The lowest BCUT2D eigenvalue weighted by molar-refractivity contribution is 0.415. The van der Waals surface area contributed by atoms with Crippen LogP contribution in [-0.4, -0.2) is 15.5 Å². The maximum absolute atomic E-state index is 12.8. The highest BCUT2D eigenvalue weighted by Gasteiger charge is 2.17. The average Bonchev–Trinajstić information content (AvgIpc) is 2.60. The number of anilines is 1. The Bertz CT molecular complexity index is 1010. The number of sulfonamides is 1. The third-order valence-electron chi connectivity index (χ3n) is 4.16. The van der Waals surface area contributed by atoms with Crippen molar-refractivity contribution in [3.8, 4) is 5.75 Å². The number of methoxy groups -OCH3 is 1. The molecule has 0 aromatic heterocycles. The van der Waals surface area contributed by atoms with Gasteiger partial charge in [-0.1, -0.05) is 44.2 Å². The lowest BCUT2D eigenvalue weighted by Gasteiger charge is -2.15. The first-order valence-corrected chi connectivity index (χ1v) is 9.58. The molecule has 0 atom stereocenters. The summed E-state index contributed by atoms with van der Waals surface area (Å²) in [6.45, 7) is 4.08. The van der Waals surface area contributed by atoms with Crippen molar-refractivity contribution in [2.24, 2.45) is 0 Å². The molecule has 0 spiro atoms. The summed E-state index contributed by atoms with van der Waals surface area (Å²) >= 11 is 0. The van der Waals surface area contributed by atoms with Crippen LogP contribution in [0.1, 0.15) is 25.3 Å². The Morgan fingerprint density at radius 3 is 2.32 bits per heavy atom. The summed E-state index contributed by atoms with van der Waals surface area (Å²) in [6.07, 6.45) is 0. The van der Waals surface area contributed by atoms with E-state index >= 15 is 0 Å². The Balaban J connectivity index is 1.99. The minimum Gasteiger partial charge on any atom is -0.497 e. The largest absolute Gasteiger partial charge is 0.497 e. The quantitative estimate of drug-likeness (QED) is 0.717. The molecule has 0 saturated carbocycles. The maximum Gasteiger partial charge on any atom is 0.261 e. The molecule has 0 unspecified atom stereocenters. The van der Waals surface area contributed by atoms with Gasteiger partial charge in [-0.2, -0.15) is 0 Å². The summed E-state index contributed by atoms with van der Waals surface area (Å²) < 4.78 is 33.5. The number of para-hydroxylation sites is 1. The van der Waals surface area contributed by atoms with Gasteiger partial charge < -0.3 is 4.74 Å². The van der Waals surface area contributed by atoms with Crippen molar-refractivity contribution in [3.63, 3.8) is 0 Å². The van der Waals surface area contributed by atoms with Crippen LogP contribution in [0.4, 0.5) is 5.69 Å². The van der Waals surface area contributed by atoms with Gasteiger partial charge in [0.2, 0.25) is 0 Å². The summed E-state index contributed by atoms with van der Waals surface area (Å²) in [6, 6.07) is 18.1. The lowest BCUT2D eigenvalue weighted by atomic mass is 10.0. The fourth-order valence-electron chi connectivity index (χ4n) is 2.79. The number of hydrogen-bond acceptors (Lipinski definition) is 3. The van der Waals surface area contributed by atoms with Gasteiger partial charge in [-0.3, -0.25) is 4.72 Å². The second-order valence-electron chi connectivity index (χ2n) is 6.22. The Morgan fingerprint density at radius 2 is 1.60 bits per heavy atom. The summed E-state index contributed by atoms with van der Waals surface area (Å²) in [5.41, 5.74) is 1.59. The molecule has 0 amide bonds. The van der Waals surface area contributed by atoms with Crippen molar-refractivity contribution in [1.29, 1.82) is 0 Å². The Morgan fingerprint density at radius 1 is 0.920 bits per heavy atom. The van der Waals surface area contributed by atoms with Crippen LogP contribution in [0, 0.1) is 0 Å². The normalized spacial score (nSPS) is 11.7. The van der Waals surface area contributed by atoms with Gasteiger partial charge in [0, 0.05) is 0 Å². The van der Waals surface area contributed by atoms with Crippen LogP contribution >= 0.6 is 0 Å². The molecule has 0 aliphatic heterocycles. The topological polar surface area (TPSA) is 55.4 Å². The minimum absolute atomic E-state index is 0.225. The molecule has 3 aromatic carbocycles. The molecule has 0 heterocycles. The van der Waals surface area contributed by atoms with Crippen molar-refractivity contribution in [2.75, 3.05) is 11.8 Å². The van der Waals surface area contributed by atoms with E-state index < -0.39 is 10.0 Å². The number of hydrogen-bond donors (Lipinski definition) is 1. The van der Waals surface area contributed by atoms with Crippen LogP contribution < -0.4 is 9.46 Å². The van der Waals surface area contributed by atoms with E-state index in [2.05, 4.69) is 4.72 Å². The fraction of sp³-hybridized carbons (Fsp3) is 0.200. The fourth-order valence-corrected chi connectivity index (χ4v) is 3.92. The van der Waals surface area contributed by atoms with Gasteiger partial charge in [0.15, 0.2) is 0 Å². The van der Waals surface area contributed by atoms with Gasteiger partial charge in [0.05, 0.1) is 17.7 Å². The number of benzene rings is 3. The van der Waals surface area contributed by atoms with Crippen molar-refractivity contribution in [2.45, 2.75) is 24.7 Å². The molecule has 25 heavy (non-hydrogen) atoms. The van der Waals surface area contributed by atoms with E-state index in [4.69, 9.17) is 4.74 Å². The highest BCUT2D eigenvalue weighted by Crippen LogP contribution is 2.28. The second kappa shape index (κ2) is 6.76. The van der Waals surface area contributed by atoms with Crippen LogP contribution in [0.5, 0.6) is 5.75 Å². The Hall–Kier alpha value is -2.53. The van der Waals surface area contributed by atoms with Crippen LogP contribution in [-0.2, 0) is 10.0 Å². The number of rotatable bonds is 5. The van der Waals surface area contributed by atoms with E-state index in [0.29, 0.717) is 5.69 Å². The zero-order chi connectivity index (χ0) is 18.0. The Labute approximate surface area is 148 Å². The molecule has 130 valence electrons. The van der Waals surface area contributed by atoms with Crippen LogP contribution in [0.25, 0.3) is 10.8 Å². The zero-order valence-electron chi connectivity index (χ0n) is 14.5. The van der Waals surface area contributed by atoms with Gasteiger partial charge in [-0.25, -0.2) is 8.42 Å². The monoisotopic (exact) mass is 355 g/mol. The summed E-state index contributed by atoms with van der Waals surface area (Å²) in [4.78, 5) is 0.240. The van der Waals surface area contributed by atoms with Gasteiger partial charge in [-0.15, -0.1) is 0 Å². The third-order valence-corrected chi connectivity index (χ3v) is 5.52. The van der Waals surface area contributed by atoms with Crippen LogP contribution in [0.15, 0.2) is 65.6 Å². The van der Waals surface area contributed by atoms with E-state index in [1.165, 1.54) is 0 Å². The summed E-state index contributed by atoms with van der Waals surface area (Å²) in [5, 5.41) is 1.78. The average molecular weight is 355 g/mol. The summed E-state index contributed by atoms with van der Waals surface area (Å²) in [7, 11) is -2.05. The third kappa shape index (κ3) is 3.61. The molecule has 4 nitrogen and oxygen atoms in total. The van der Waals surface area contributed by atoms with Crippen LogP contribution in [0.2, 0.25) is 0 Å². The second-order valence-corrected chi connectivity index (χ2v) is 7.90. The Kier molecular flexibility index (Phi) is 4.68. The number of fused-ring (bicyclic) bond motifs is 1. The first-order valence-electron chi connectivity index (χ1n) is 8.10. The lowest BCUT2D eigenvalue weighted by Crippen LogP contribution is -2.14. The zero-order valence-corrected chi connectivity index (χ0v) is 15.3. The number of ether oxygens (including phenoxy) is 1. The highest BCUT2D eigenvalue weighted by atomic mass is 32.2. The standard InChI is InChI=1S/C20H21NO3S/c1-14(2)19-6-4-5-7-20(19)21-25(22,23)18-11-9-15-12-17(24-3)10-8-16(15)13-18/h4-14,21H,1-3H3. The molecular weight excluding hydrogens is 334 g/mol. The predicted molar refractivity (Wildman–Crippen MR) is 102 cm³/mol. The molecule has 0 fully saturated rings. The molecule has 3 aromatic rings. The summed E-state index contributed by atoms with van der Waals surface area (Å²) in [5.74, 6) is 0.968. The molecule has 0 bridgehead atoms. The smallest absolute Gasteiger partial charge is 0.261 e. The van der Waals surface area contributed by atoms with Crippen molar-refractivity contribution in [1.82, 2.24) is 0 Å². The van der Waals surface area contributed by atoms with E-state index in [0.717, 1.165) is 22.1 Å². The van der Waals surface area contributed by atoms with Crippen molar-refractivity contribution < 1.29 is 13.2 Å². The molecule has 5 heteroatoms. The molecule has 0 radical (unpaired) electrons. The predicted octanol–water partition coefficient (Wildman–Crippen LogP) is 4.77. The minimum atomic E-state index is -3.66. The molecule has 0 aliphatic rings. The highest BCUT2D eigenvalue weighted by molar-refractivity contribution is 7.92. The van der Waals surface area contributed by atoms with Gasteiger partial charge in [-0.05, 0) is 52.6 Å². The van der Waals surface area contributed by atoms with Crippen molar-refractivity contribution >= 4 is 26.5 Å². The van der Waals surface area contributed by atoms with Crippen LogP contribution in [0.3, 0.4) is 0 Å². The first kappa shape index (κ1) is 17.3. The molecular formula is C20H21NO3S. The number of nitrogens with one attached hydrogen (secondary N) is 1. The molecule has 3 rings (SSSR count). The molecule has 1 N–H and O–H groups in total. The van der Waals surface area contributed by atoms with E-state index in [1.54, 1.807) is 31.4 Å². The van der Waals surface area contributed by atoms with E-state index in [1.807, 2.05) is 50.2 Å². The van der Waals surface area contributed by atoms with Gasteiger partial charge in [0.25, 0.3) is 10.0 Å². The van der Waals surface area contributed by atoms with E-state index in [-0.39, 0.29) is 10.8 Å². The van der Waals surface area contributed by atoms with Crippen molar-refractivity contribution in [3.05, 3.63) is 66.2 Å². The molecule has 0 aliphatic carbocycles. The SMILES string of the molecule is COc1ccc2cc(S(=O)(=O)Nc3ccccc3C(C)C)ccc2c1. The van der Waals surface area contributed by atoms with Gasteiger partial charge in [0.1, 0.15) is 5.75 Å². The first-order chi connectivity index (χ1) is 11.9. The molecule has 0 saturated heterocycles. The van der Waals surface area contributed by atoms with E-state index in [9.17, 15) is 8.42 Å². The maximum atomic E-state index is 12.8.